The van der Waals surface area contributed by atoms with Crippen molar-refractivity contribution in [1.82, 2.24) is 10.6 Å². The van der Waals surface area contributed by atoms with Gasteiger partial charge in [0, 0.05) is 0 Å². The molecular formula is C21H20N2O6. The van der Waals surface area contributed by atoms with Crippen LogP contribution in [0.3, 0.4) is 0 Å². The van der Waals surface area contributed by atoms with Crippen LogP contribution in [-0.4, -0.2) is 36.3 Å². The summed E-state index contributed by atoms with van der Waals surface area (Å²) in [6.45, 7) is 1.43. The van der Waals surface area contributed by atoms with Gasteiger partial charge in [0.25, 0.3) is 0 Å². The second-order valence-corrected chi connectivity index (χ2v) is 6.16. The lowest BCUT2D eigenvalue weighted by atomic mass is 9.92. The summed E-state index contributed by atoms with van der Waals surface area (Å²) in [7, 11) is 0. The number of carbonyl (C=O) groups excluding carboxylic acids is 2. The Kier molecular flexibility index (Phi) is 6.13. The highest BCUT2D eigenvalue weighted by Gasteiger charge is 2.34. The molecule has 0 bridgehead atoms. The van der Waals surface area contributed by atoms with Gasteiger partial charge in [-0.2, -0.15) is 0 Å². The standard InChI is InChI=1S/C21H20N2O6/c1-2-28-20(26)17-18(13-6-4-3-5-7-13)22-21(27)23-19(17)14-8-10-15(11-9-14)29-12-16(24)25/h3-11,19H,2,12H2,1H3,(H,24,25)(H2,22,23,27). The van der Waals surface area contributed by atoms with Crippen LogP contribution in [0.1, 0.15) is 24.1 Å². The molecule has 2 amide bonds. The second-order valence-electron chi connectivity index (χ2n) is 6.16. The Balaban J connectivity index is 2.02. The van der Waals surface area contributed by atoms with E-state index in [0.717, 1.165) is 0 Å². The van der Waals surface area contributed by atoms with Crippen molar-refractivity contribution in [3.63, 3.8) is 0 Å². The smallest absolute Gasteiger partial charge is 0.341 e. The molecule has 0 saturated heterocycles. The van der Waals surface area contributed by atoms with E-state index in [1.807, 2.05) is 18.2 Å². The van der Waals surface area contributed by atoms with E-state index >= 15 is 0 Å². The first-order valence-corrected chi connectivity index (χ1v) is 8.98. The molecular weight excluding hydrogens is 376 g/mol. The molecule has 150 valence electrons. The highest BCUT2D eigenvalue weighted by Crippen LogP contribution is 2.32. The SMILES string of the molecule is CCOC(=O)C1=C(c2ccccc2)NC(=O)NC1c1ccc(OCC(=O)O)cc1. The minimum absolute atomic E-state index is 0.188. The molecule has 0 fully saturated rings. The Morgan fingerprint density at radius 2 is 1.76 bits per heavy atom. The predicted molar refractivity (Wildman–Crippen MR) is 104 cm³/mol. The minimum atomic E-state index is -1.08. The Hall–Kier alpha value is -3.81. The van der Waals surface area contributed by atoms with Gasteiger partial charge in [0.2, 0.25) is 0 Å². The van der Waals surface area contributed by atoms with E-state index in [1.165, 1.54) is 0 Å². The average molecular weight is 396 g/mol. The Labute approximate surface area is 167 Å². The van der Waals surface area contributed by atoms with Crippen molar-refractivity contribution in [2.24, 2.45) is 0 Å². The van der Waals surface area contributed by atoms with Gasteiger partial charge in [-0.3, -0.25) is 0 Å². The van der Waals surface area contributed by atoms with Crippen LogP contribution < -0.4 is 15.4 Å². The molecule has 29 heavy (non-hydrogen) atoms. The molecule has 1 atom stereocenters. The number of aliphatic carboxylic acids is 1. The molecule has 2 aromatic rings. The molecule has 0 saturated carbocycles. The number of urea groups is 1. The zero-order valence-electron chi connectivity index (χ0n) is 15.7. The molecule has 8 heteroatoms. The first-order valence-electron chi connectivity index (χ1n) is 8.98. The molecule has 1 heterocycles. The summed E-state index contributed by atoms with van der Waals surface area (Å²) in [6.07, 6.45) is 0. The van der Waals surface area contributed by atoms with E-state index in [1.54, 1.807) is 43.3 Å². The molecule has 1 aliphatic heterocycles. The summed E-state index contributed by atoms with van der Waals surface area (Å²) in [5.74, 6) is -1.27. The van der Waals surface area contributed by atoms with Crippen LogP contribution >= 0.6 is 0 Å². The van der Waals surface area contributed by atoms with Gasteiger partial charge >= 0.3 is 18.0 Å². The van der Waals surface area contributed by atoms with Crippen LogP contribution in [0, 0.1) is 0 Å². The number of hydrogen-bond donors (Lipinski definition) is 3. The monoisotopic (exact) mass is 396 g/mol. The zero-order valence-corrected chi connectivity index (χ0v) is 15.7. The first kappa shape index (κ1) is 19.9. The van der Waals surface area contributed by atoms with Gasteiger partial charge in [-0.05, 0) is 30.2 Å². The topological polar surface area (TPSA) is 114 Å². The van der Waals surface area contributed by atoms with Crippen molar-refractivity contribution in [3.8, 4) is 5.75 Å². The summed E-state index contributed by atoms with van der Waals surface area (Å²) in [4.78, 5) is 35.7. The van der Waals surface area contributed by atoms with Crippen LogP contribution in [0.25, 0.3) is 5.70 Å². The molecule has 1 unspecified atom stereocenters. The van der Waals surface area contributed by atoms with E-state index in [2.05, 4.69) is 10.6 Å². The van der Waals surface area contributed by atoms with Crippen LogP contribution in [0.15, 0.2) is 60.2 Å². The number of carboxylic acid groups (broad SMARTS) is 1. The lowest BCUT2D eigenvalue weighted by molar-refractivity contribution is -0.140. The highest BCUT2D eigenvalue weighted by molar-refractivity contribution is 6.04. The van der Waals surface area contributed by atoms with Gasteiger partial charge in [-0.15, -0.1) is 0 Å². The van der Waals surface area contributed by atoms with E-state index in [-0.39, 0.29) is 12.2 Å². The summed E-state index contributed by atoms with van der Waals surface area (Å²) in [5, 5.41) is 14.2. The summed E-state index contributed by atoms with van der Waals surface area (Å²) in [5.41, 5.74) is 1.96. The molecule has 8 nitrogen and oxygen atoms in total. The average Bonchev–Trinajstić information content (AvgIpc) is 2.72. The zero-order chi connectivity index (χ0) is 20.8. The van der Waals surface area contributed by atoms with E-state index < -0.39 is 30.6 Å². The van der Waals surface area contributed by atoms with E-state index in [9.17, 15) is 14.4 Å². The van der Waals surface area contributed by atoms with Gasteiger partial charge in [0.15, 0.2) is 6.61 Å². The molecule has 0 spiro atoms. The largest absolute Gasteiger partial charge is 0.482 e. The molecule has 1 aliphatic rings. The van der Waals surface area contributed by atoms with Gasteiger partial charge in [-0.25, -0.2) is 14.4 Å². The van der Waals surface area contributed by atoms with Crippen LogP contribution in [0.4, 0.5) is 4.79 Å². The van der Waals surface area contributed by atoms with Crippen molar-refractivity contribution >= 4 is 23.7 Å². The minimum Gasteiger partial charge on any atom is -0.482 e. The number of esters is 1. The molecule has 0 radical (unpaired) electrons. The number of nitrogens with one attached hydrogen (secondary N) is 2. The third kappa shape index (κ3) is 4.73. The Bertz CT molecular complexity index is 937. The fourth-order valence-electron chi connectivity index (χ4n) is 2.98. The fourth-order valence-corrected chi connectivity index (χ4v) is 2.98. The Morgan fingerprint density at radius 1 is 1.07 bits per heavy atom. The third-order valence-electron chi connectivity index (χ3n) is 4.21. The van der Waals surface area contributed by atoms with Crippen molar-refractivity contribution < 1.29 is 29.0 Å². The third-order valence-corrected chi connectivity index (χ3v) is 4.21. The number of carboxylic acids is 1. The van der Waals surface area contributed by atoms with Crippen molar-refractivity contribution in [2.75, 3.05) is 13.2 Å². The maximum atomic E-state index is 12.8. The normalized spacial score (nSPS) is 15.9. The van der Waals surface area contributed by atoms with Crippen LogP contribution in [-0.2, 0) is 14.3 Å². The molecule has 0 aromatic heterocycles. The number of benzene rings is 2. The van der Waals surface area contributed by atoms with Gasteiger partial charge in [-0.1, -0.05) is 42.5 Å². The van der Waals surface area contributed by atoms with E-state index in [0.29, 0.717) is 22.6 Å². The van der Waals surface area contributed by atoms with Crippen molar-refractivity contribution in [2.45, 2.75) is 13.0 Å². The van der Waals surface area contributed by atoms with Crippen molar-refractivity contribution in [1.29, 1.82) is 0 Å². The molecule has 0 aliphatic carbocycles. The first-order chi connectivity index (χ1) is 14.0. The summed E-state index contributed by atoms with van der Waals surface area (Å²) < 4.78 is 10.4. The molecule has 3 N–H and O–H groups in total. The second kappa shape index (κ2) is 8.92. The number of carbonyl (C=O) groups is 3. The van der Waals surface area contributed by atoms with E-state index in [4.69, 9.17) is 14.6 Å². The number of hydrogen-bond acceptors (Lipinski definition) is 5. The maximum Gasteiger partial charge on any atom is 0.341 e. The maximum absolute atomic E-state index is 12.8. The number of ether oxygens (including phenoxy) is 2. The quantitative estimate of drug-likeness (QED) is 0.620. The van der Waals surface area contributed by atoms with Gasteiger partial charge in [0.1, 0.15) is 5.75 Å². The molecule has 2 aromatic carbocycles. The summed E-state index contributed by atoms with van der Waals surface area (Å²) in [6, 6.07) is 14.3. The number of amides is 2. The van der Waals surface area contributed by atoms with Crippen molar-refractivity contribution in [3.05, 3.63) is 71.3 Å². The van der Waals surface area contributed by atoms with Crippen LogP contribution in [0.5, 0.6) is 5.75 Å². The predicted octanol–water partition coefficient (Wildman–Crippen LogP) is 2.48. The van der Waals surface area contributed by atoms with Gasteiger partial charge in [0.05, 0.1) is 23.9 Å². The number of rotatable bonds is 7. The highest BCUT2D eigenvalue weighted by atomic mass is 16.5. The summed E-state index contributed by atoms with van der Waals surface area (Å²) >= 11 is 0. The van der Waals surface area contributed by atoms with Crippen LogP contribution in [0.2, 0.25) is 0 Å². The van der Waals surface area contributed by atoms with Gasteiger partial charge < -0.3 is 25.2 Å². The lowest BCUT2D eigenvalue weighted by Crippen LogP contribution is -2.45. The molecule has 3 rings (SSSR count). The fraction of sp³-hybridized carbons (Fsp3) is 0.190. The lowest BCUT2D eigenvalue weighted by Gasteiger charge is -2.29. The Morgan fingerprint density at radius 3 is 2.38 bits per heavy atom.